The van der Waals surface area contributed by atoms with E-state index in [9.17, 15) is 4.79 Å². The van der Waals surface area contributed by atoms with Crippen LogP contribution in [0.5, 0.6) is 0 Å². The lowest BCUT2D eigenvalue weighted by Gasteiger charge is -2.14. The first kappa shape index (κ1) is 9.93. The van der Waals surface area contributed by atoms with Crippen molar-refractivity contribution in [3.63, 3.8) is 0 Å². The summed E-state index contributed by atoms with van der Waals surface area (Å²) < 4.78 is 1.70. The number of nitrogens with one attached hydrogen (secondary N) is 1. The van der Waals surface area contributed by atoms with Crippen LogP contribution in [-0.4, -0.2) is 11.6 Å². The van der Waals surface area contributed by atoms with Crippen molar-refractivity contribution in [3.05, 3.63) is 46.9 Å². The van der Waals surface area contributed by atoms with Gasteiger partial charge in [-0.25, -0.2) is 0 Å². The molecule has 2 rings (SSSR count). The van der Waals surface area contributed by atoms with E-state index >= 15 is 0 Å². The monoisotopic (exact) mass is 202 g/mol. The van der Waals surface area contributed by atoms with Gasteiger partial charge in [0.15, 0.2) is 0 Å². The molecule has 0 aliphatic carbocycles. The number of aromatic nitrogens is 1. The van der Waals surface area contributed by atoms with E-state index in [2.05, 4.69) is 5.32 Å². The fourth-order valence-electron chi connectivity index (χ4n) is 1.65. The Kier molecular flexibility index (Phi) is 2.56. The number of rotatable bonds is 2. The Bertz CT molecular complexity index is 530. The number of hydrogen-bond acceptors (Lipinski definition) is 2. The molecule has 0 radical (unpaired) electrons. The summed E-state index contributed by atoms with van der Waals surface area (Å²) in [6.45, 7) is 1.95. The molecule has 1 aromatic carbocycles. The third kappa shape index (κ3) is 1.66. The van der Waals surface area contributed by atoms with Crippen LogP contribution in [0, 0.1) is 0 Å². The molecule has 78 valence electrons. The normalized spacial score (nSPS) is 12.9. The van der Waals surface area contributed by atoms with E-state index in [-0.39, 0.29) is 11.7 Å². The quantitative estimate of drug-likeness (QED) is 0.804. The summed E-state index contributed by atoms with van der Waals surface area (Å²) in [7, 11) is 1.84. The van der Waals surface area contributed by atoms with E-state index in [0.29, 0.717) is 0 Å². The van der Waals surface area contributed by atoms with E-state index in [4.69, 9.17) is 0 Å². The average molecular weight is 202 g/mol. The molecule has 1 N–H and O–H groups in total. The fraction of sp³-hybridized carbons (Fsp3) is 0.250. The second kappa shape index (κ2) is 3.87. The van der Waals surface area contributed by atoms with Crippen LogP contribution in [0.25, 0.3) is 10.8 Å². The Morgan fingerprint density at radius 3 is 2.73 bits per heavy atom. The van der Waals surface area contributed by atoms with Crippen molar-refractivity contribution < 1.29 is 0 Å². The zero-order chi connectivity index (χ0) is 10.8. The lowest BCUT2D eigenvalue weighted by Crippen LogP contribution is -2.29. The lowest BCUT2D eigenvalue weighted by atomic mass is 10.2. The minimum atomic E-state index is 0.0158. The first-order valence-electron chi connectivity index (χ1n) is 5.01. The van der Waals surface area contributed by atoms with E-state index < -0.39 is 0 Å². The number of hydrogen-bond donors (Lipinski definition) is 1. The summed E-state index contributed by atoms with van der Waals surface area (Å²) in [5.41, 5.74) is 0.0509. The Morgan fingerprint density at radius 1 is 1.27 bits per heavy atom. The summed E-state index contributed by atoms with van der Waals surface area (Å²) in [5.74, 6) is 0. The van der Waals surface area contributed by atoms with Gasteiger partial charge in [-0.1, -0.05) is 18.2 Å². The molecule has 1 atom stereocenters. The largest absolute Gasteiger partial charge is 0.300 e. The molecule has 0 saturated carbocycles. The average Bonchev–Trinajstić information content (AvgIpc) is 2.29. The van der Waals surface area contributed by atoms with Gasteiger partial charge in [0.1, 0.15) is 0 Å². The molecule has 0 spiro atoms. The molecular weight excluding hydrogens is 188 g/mol. The van der Waals surface area contributed by atoms with Gasteiger partial charge in [-0.3, -0.25) is 9.36 Å². The zero-order valence-corrected chi connectivity index (χ0v) is 8.90. The number of benzene rings is 1. The minimum absolute atomic E-state index is 0.0158. The van der Waals surface area contributed by atoms with Crippen molar-refractivity contribution in [3.8, 4) is 0 Å². The van der Waals surface area contributed by atoms with Crippen LogP contribution >= 0.6 is 0 Å². The van der Waals surface area contributed by atoms with Gasteiger partial charge in [-0.05, 0) is 31.5 Å². The molecule has 0 saturated heterocycles. The third-order valence-corrected chi connectivity index (χ3v) is 2.68. The Morgan fingerprint density at radius 2 is 2.00 bits per heavy atom. The van der Waals surface area contributed by atoms with Gasteiger partial charge in [0.25, 0.3) is 5.56 Å². The molecule has 0 aliphatic heterocycles. The van der Waals surface area contributed by atoms with Gasteiger partial charge in [-0.2, -0.15) is 0 Å². The molecule has 0 fully saturated rings. The summed E-state index contributed by atoms with van der Waals surface area (Å²) in [4.78, 5) is 12.1. The third-order valence-electron chi connectivity index (χ3n) is 2.68. The van der Waals surface area contributed by atoms with E-state index in [0.717, 1.165) is 10.8 Å². The number of pyridine rings is 1. The molecular formula is C12H14N2O. The van der Waals surface area contributed by atoms with Crippen LogP contribution < -0.4 is 10.9 Å². The highest BCUT2D eigenvalue weighted by Crippen LogP contribution is 2.09. The van der Waals surface area contributed by atoms with Crippen molar-refractivity contribution in [2.75, 3.05) is 7.05 Å². The molecule has 0 aliphatic rings. The second-order valence-corrected chi connectivity index (χ2v) is 3.58. The Labute approximate surface area is 88.3 Å². The molecule has 3 nitrogen and oxygen atoms in total. The smallest absolute Gasteiger partial charge is 0.259 e. The maximum Gasteiger partial charge on any atom is 0.259 e. The summed E-state index contributed by atoms with van der Waals surface area (Å²) >= 11 is 0. The van der Waals surface area contributed by atoms with Gasteiger partial charge >= 0.3 is 0 Å². The van der Waals surface area contributed by atoms with Crippen molar-refractivity contribution in [2.45, 2.75) is 13.1 Å². The maximum absolute atomic E-state index is 12.1. The highest BCUT2D eigenvalue weighted by Gasteiger charge is 2.05. The Balaban J connectivity index is 2.71. The van der Waals surface area contributed by atoms with Gasteiger partial charge < -0.3 is 5.32 Å². The van der Waals surface area contributed by atoms with E-state index in [1.165, 1.54) is 0 Å². The Hall–Kier alpha value is -1.61. The number of fused-ring (bicyclic) bond motifs is 1. The predicted molar refractivity (Wildman–Crippen MR) is 62.0 cm³/mol. The summed E-state index contributed by atoms with van der Waals surface area (Å²) in [6, 6.07) is 9.60. The van der Waals surface area contributed by atoms with Gasteiger partial charge in [0, 0.05) is 11.6 Å². The zero-order valence-electron chi connectivity index (χ0n) is 8.90. The van der Waals surface area contributed by atoms with Gasteiger partial charge in [0.2, 0.25) is 0 Å². The van der Waals surface area contributed by atoms with Gasteiger partial charge in [-0.15, -0.1) is 0 Å². The van der Waals surface area contributed by atoms with Crippen LogP contribution in [0.3, 0.4) is 0 Å². The fourth-order valence-corrected chi connectivity index (χ4v) is 1.65. The minimum Gasteiger partial charge on any atom is -0.300 e. The molecule has 2 aromatic rings. The standard InChI is InChI=1S/C12H14N2O/c1-9(13-2)14-8-7-10-5-3-4-6-11(10)12(14)15/h3-9,13H,1-2H3. The van der Waals surface area contributed by atoms with Crippen LogP contribution in [0.2, 0.25) is 0 Å². The van der Waals surface area contributed by atoms with E-state index in [1.807, 2.05) is 50.5 Å². The van der Waals surface area contributed by atoms with Crippen LogP contribution in [0.1, 0.15) is 13.1 Å². The molecule has 0 bridgehead atoms. The SMILES string of the molecule is CNC(C)n1ccc2ccccc2c1=O. The topological polar surface area (TPSA) is 34.0 Å². The molecule has 1 unspecified atom stereocenters. The van der Waals surface area contributed by atoms with Gasteiger partial charge in [0.05, 0.1) is 6.17 Å². The molecule has 15 heavy (non-hydrogen) atoms. The summed E-state index contributed by atoms with van der Waals surface area (Å²) in [5, 5.41) is 4.80. The van der Waals surface area contributed by atoms with Crippen molar-refractivity contribution in [1.82, 2.24) is 9.88 Å². The van der Waals surface area contributed by atoms with Crippen LogP contribution in [-0.2, 0) is 0 Å². The molecule has 0 amide bonds. The first-order valence-corrected chi connectivity index (χ1v) is 5.01. The molecule has 3 heteroatoms. The predicted octanol–water partition coefficient (Wildman–Crippen LogP) is 1.74. The molecule has 1 heterocycles. The van der Waals surface area contributed by atoms with Crippen molar-refractivity contribution in [1.29, 1.82) is 0 Å². The lowest BCUT2D eigenvalue weighted by molar-refractivity contribution is 0.466. The van der Waals surface area contributed by atoms with E-state index in [1.54, 1.807) is 4.57 Å². The maximum atomic E-state index is 12.1. The highest BCUT2D eigenvalue weighted by molar-refractivity contribution is 5.81. The first-order chi connectivity index (χ1) is 7.24. The summed E-state index contributed by atoms with van der Waals surface area (Å²) in [6.07, 6.45) is 1.84. The van der Waals surface area contributed by atoms with Crippen LogP contribution in [0.4, 0.5) is 0 Å². The van der Waals surface area contributed by atoms with Crippen molar-refractivity contribution >= 4 is 10.8 Å². The highest BCUT2D eigenvalue weighted by atomic mass is 16.1. The van der Waals surface area contributed by atoms with Crippen LogP contribution in [0.15, 0.2) is 41.3 Å². The number of nitrogens with zero attached hydrogens (tertiary/aromatic N) is 1. The molecule has 1 aromatic heterocycles. The second-order valence-electron chi connectivity index (χ2n) is 3.58. The van der Waals surface area contributed by atoms with Crippen molar-refractivity contribution in [2.24, 2.45) is 0 Å².